The van der Waals surface area contributed by atoms with E-state index in [0.29, 0.717) is 12.4 Å². The topological polar surface area (TPSA) is 46.5 Å². The van der Waals surface area contributed by atoms with Crippen LogP contribution in [0.4, 0.5) is 0 Å². The molecule has 0 aromatic rings. The summed E-state index contributed by atoms with van der Waals surface area (Å²) in [5.41, 5.74) is 0. The van der Waals surface area contributed by atoms with Crippen LogP contribution in [0, 0.1) is 0 Å². The van der Waals surface area contributed by atoms with Crippen molar-refractivity contribution in [2.45, 2.75) is 31.1 Å². The molecule has 1 heterocycles. The first kappa shape index (κ1) is 9.86. The number of hydrogen-bond acceptors (Lipinski definition) is 4. The Morgan fingerprint density at radius 1 is 1.67 bits per heavy atom. The van der Waals surface area contributed by atoms with E-state index in [1.807, 2.05) is 0 Å². The molecule has 0 amide bonds. The second kappa shape index (κ2) is 4.72. The van der Waals surface area contributed by atoms with E-state index >= 15 is 0 Å². The lowest BCUT2D eigenvalue weighted by molar-refractivity contribution is -0.142. The van der Waals surface area contributed by atoms with Gasteiger partial charge in [-0.15, -0.1) is 11.8 Å². The molecule has 12 heavy (non-hydrogen) atoms. The summed E-state index contributed by atoms with van der Waals surface area (Å²) in [5.74, 6) is 0.526. The highest BCUT2D eigenvalue weighted by atomic mass is 32.2. The van der Waals surface area contributed by atoms with Gasteiger partial charge in [-0.3, -0.25) is 4.79 Å². The van der Waals surface area contributed by atoms with Crippen LogP contribution >= 0.6 is 11.8 Å². The zero-order valence-electron chi connectivity index (χ0n) is 7.16. The maximum atomic E-state index is 11.2. The Morgan fingerprint density at radius 2 is 2.42 bits per heavy atom. The lowest BCUT2D eigenvalue weighted by Gasteiger charge is -2.23. The van der Waals surface area contributed by atoms with E-state index in [2.05, 4.69) is 0 Å². The van der Waals surface area contributed by atoms with Gasteiger partial charge in [-0.1, -0.05) is 0 Å². The summed E-state index contributed by atoms with van der Waals surface area (Å²) < 4.78 is 4.88. The maximum Gasteiger partial charge on any atom is 0.319 e. The van der Waals surface area contributed by atoms with Crippen molar-refractivity contribution in [3.05, 3.63) is 0 Å². The largest absolute Gasteiger partial charge is 0.465 e. The van der Waals surface area contributed by atoms with Crippen LogP contribution in [-0.2, 0) is 9.53 Å². The minimum Gasteiger partial charge on any atom is -0.465 e. The molecule has 2 atom stereocenters. The lowest BCUT2D eigenvalue weighted by atomic mass is 10.1. The Kier molecular flexibility index (Phi) is 3.88. The summed E-state index contributed by atoms with van der Waals surface area (Å²) in [6.45, 7) is 2.25. The van der Waals surface area contributed by atoms with Gasteiger partial charge in [-0.05, 0) is 19.8 Å². The van der Waals surface area contributed by atoms with Crippen LogP contribution in [0.3, 0.4) is 0 Å². The molecule has 3 nitrogen and oxygen atoms in total. The molecule has 0 aromatic heterocycles. The molecule has 0 spiro atoms. The van der Waals surface area contributed by atoms with Gasteiger partial charge in [0.2, 0.25) is 0 Å². The molecule has 4 heteroatoms. The molecule has 0 unspecified atom stereocenters. The molecule has 1 aliphatic rings. The van der Waals surface area contributed by atoms with Crippen molar-refractivity contribution in [1.29, 1.82) is 0 Å². The quantitative estimate of drug-likeness (QED) is 0.654. The number of thioether (sulfide) groups is 1. The molecule has 0 bridgehead atoms. The molecular weight excluding hydrogens is 176 g/mol. The van der Waals surface area contributed by atoms with Gasteiger partial charge in [0.25, 0.3) is 0 Å². The van der Waals surface area contributed by atoms with Gasteiger partial charge in [-0.25, -0.2) is 0 Å². The van der Waals surface area contributed by atoms with Crippen molar-refractivity contribution in [2.75, 3.05) is 12.4 Å². The smallest absolute Gasteiger partial charge is 0.319 e. The Balaban J connectivity index is 2.29. The van der Waals surface area contributed by atoms with Gasteiger partial charge in [-0.2, -0.15) is 0 Å². The number of esters is 1. The van der Waals surface area contributed by atoms with Crippen LogP contribution in [0.25, 0.3) is 0 Å². The van der Waals surface area contributed by atoms with E-state index in [0.717, 1.165) is 12.8 Å². The van der Waals surface area contributed by atoms with E-state index in [1.165, 1.54) is 11.8 Å². The average molecular weight is 190 g/mol. The maximum absolute atomic E-state index is 11.2. The minimum atomic E-state index is -0.235. The standard InChI is InChI=1S/C8H14O3S/c1-2-11-8(10)7-4-3-6(9)5-12-7/h6-7,9H,2-5H2,1H3/t6-,7-/m1/s1. The molecule has 0 saturated carbocycles. The van der Waals surface area contributed by atoms with E-state index in [-0.39, 0.29) is 17.3 Å². The van der Waals surface area contributed by atoms with Crippen LogP contribution in [0.2, 0.25) is 0 Å². The third kappa shape index (κ3) is 2.68. The van der Waals surface area contributed by atoms with Gasteiger partial charge >= 0.3 is 5.97 Å². The van der Waals surface area contributed by atoms with E-state index in [9.17, 15) is 4.79 Å². The number of hydrogen-bond donors (Lipinski definition) is 1. The SMILES string of the molecule is CCOC(=O)[C@H]1CC[C@@H](O)CS1. The monoisotopic (exact) mass is 190 g/mol. The summed E-state index contributed by atoms with van der Waals surface area (Å²) in [6, 6.07) is 0. The lowest BCUT2D eigenvalue weighted by Crippen LogP contribution is -2.28. The van der Waals surface area contributed by atoms with Crippen molar-refractivity contribution in [1.82, 2.24) is 0 Å². The zero-order chi connectivity index (χ0) is 8.97. The molecule has 0 aromatic carbocycles. The Morgan fingerprint density at radius 3 is 2.92 bits per heavy atom. The van der Waals surface area contributed by atoms with Crippen molar-refractivity contribution in [3.63, 3.8) is 0 Å². The first-order valence-corrected chi connectivity index (χ1v) is 5.25. The number of carbonyl (C=O) groups excluding carboxylic acids is 1. The minimum absolute atomic E-state index is 0.0478. The summed E-state index contributed by atoms with van der Waals surface area (Å²) in [7, 11) is 0. The van der Waals surface area contributed by atoms with Crippen LogP contribution in [0.15, 0.2) is 0 Å². The Hall–Kier alpha value is -0.220. The van der Waals surface area contributed by atoms with Gasteiger partial charge in [0.05, 0.1) is 12.7 Å². The van der Waals surface area contributed by atoms with Gasteiger partial charge < -0.3 is 9.84 Å². The second-order valence-electron chi connectivity index (χ2n) is 2.81. The van der Waals surface area contributed by atoms with E-state index < -0.39 is 0 Å². The van der Waals surface area contributed by atoms with Gasteiger partial charge in [0, 0.05) is 5.75 Å². The fourth-order valence-corrected chi connectivity index (χ4v) is 2.29. The van der Waals surface area contributed by atoms with Gasteiger partial charge in [0.15, 0.2) is 0 Å². The predicted molar refractivity (Wildman–Crippen MR) is 48.1 cm³/mol. The number of aliphatic hydroxyl groups excluding tert-OH is 1. The molecular formula is C8H14O3S. The second-order valence-corrected chi connectivity index (χ2v) is 4.04. The average Bonchev–Trinajstić information content (AvgIpc) is 2.06. The van der Waals surface area contributed by atoms with Crippen LogP contribution in [0.5, 0.6) is 0 Å². The van der Waals surface area contributed by atoms with Crippen molar-refractivity contribution >= 4 is 17.7 Å². The number of rotatable bonds is 2. The highest BCUT2D eigenvalue weighted by molar-refractivity contribution is 8.00. The molecule has 0 aliphatic carbocycles. The summed E-state index contributed by atoms with van der Waals surface area (Å²) in [4.78, 5) is 11.2. The van der Waals surface area contributed by atoms with E-state index in [1.54, 1.807) is 6.92 Å². The van der Waals surface area contributed by atoms with Crippen molar-refractivity contribution < 1.29 is 14.6 Å². The number of carbonyl (C=O) groups is 1. The highest BCUT2D eigenvalue weighted by Crippen LogP contribution is 2.26. The molecule has 1 saturated heterocycles. The molecule has 1 aliphatic heterocycles. The predicted octanol–water partition coefficient (Wildman–Crippen LogP) is 0.806. The fourth-order valence-electron chi connectivity index (χ4n) is 1.16. The Bertz CT molecular complexity index is 152. The molecule has 1 N–H and O–H groups in total. The highest BCUT2D eigenvalue weighted by Gasteiger charge is 2.26. The number of aliphatic hydroxyl groups is 1. The molecule has 0 radical (unpaired) electrons. The van der Waals surface area contributed by atoms with E-state index in [4.69, 9.17) is 9.84 Å². The first-order chi connectivity index (χ1) is 5.74. The summed E-state index contributed by atoms with van der Waals surface area (Å²) in [5, 5.41) is 9.12. The normalized spacial score (nSPS) is 29.8. The zero-order valence-corrected chi connectivity index (χ0v) is 7.97. The van der Waals surface area contributed by atoms with Crippen molar-refractivity contribution in [2.24, 2.45) is 0 Å². The van der Waals surface area contributed by atoms with Crippen LogP contribution in [-0.4, -0.2) is 34.8 Å². The third-order valence-electron chi connectivity index (χ3n) is 1.80. The molecule has 1 rings (SSSR count). The molecule has 1 fully saturated rings. The first-order valence-electron chi connectivity index (χ1n) is 4.20. The third-order valence-corrected chi connectivity index (χ3v) is 3.21. The fraction of sp³-hybridized carbons (Fsp3) is 0.875. The van der Waals surface area contributed by atoms with Crippen LogP contribution < -0.4 is 0 Å². The summed E-state index contributed by atoms with van der Waals surface area (Å²) >= 11 is 1.49. The summed E-state index contributed by atoms with van der Waals surface area (Å²) in [6.07, 6.45) is 1.22. The van der Waals surface area contributed by atoms with Crippen LogP contribution in [0.1, 0.15) is 19.8 Å². The Labute approximate surface area is 76.5 Å². The number of ether oxygens (including phenoxy) is 1. The van der Waals surface area contributed by atoms with Crippen molar-refractivity contribution in [3.8, 4) is 0 Å². The van der Waals surface area contributed by atoms with Gasteiger partial charge in [0.1, 0.15) is 5.25 Å². The molecule has 70 valence electrons.